The highest BCUT2D eigenvalue weighted by Gasteiger charge is 2.20. The van der Waals surface area contributed by atoms with Gasteiger partial charge in [0.2, 0.25) is 0 Å². The van der Waals surface area contributed by atoms with Crippen molar-refractivity contribution in [2.24, 2.45) is 5.73 Å². The van der Waals surface area contributed by atoms with Crippen LogP contribution in [0.2, 0.25) is 0 Å². The third kappa shape index (κ3) is 3.27. The van der Waals surface area contributed by atoms with Crippen LogP contribution in [0.4, 0.5) is 4.39 Å². The fraction of sp³-hybridized carbons (Fsp3) is 0.143. The van der Waals surface area contributed by atoms with E-state index in [-0.39, 0.29) is 11.7 Å². The summed E-state index contributed by atoms with van der Waals surface area (Å²) in [5.41, 5.74) is 9.46. The number of nitrogens with zero attached hydrogens (tertiary/aromatic N) is 2. The zero-order valence-corrected chi connectivity index (χ0v) is 14.8. The second-order valence-electron chi connectivity index (χ2n) is 6.39. The summed E-state index contributed by atoms with van der Waals surface area (Å²) in [5.74, 6) is 0.742. The standard InChI is InChI=1S/C21H19FN4O/c1-13-6-20-16(7-21(13)27-14-9-24-12-25-10-14)18(11-26-20)17(8-23)15-4-2-3-5-19(15)22/h2-7,9-12,17,26H,8,23H2,1H3. The van der Waals surface area contributed by atoms with Crippen LogP contribution < -0.4 is 10.5 Å². The normalized spacial score (nSPS) is 12.3. The van der Waals surface area contributed by atoms with Crippen LogP contribution in [0.5, 0.6) is 11.5 Å². The van der Waals surface area contributed by atoms with Crippen molar-refractivity contribution in [2.45, 2.75) is 12.8 Å². The first-order valence-corrected chi connectivity index (χ1v) is 8.66. The van der Waals surface area contributed by atoms with Gasteiger partial charge in [0, 0.05) is 29.6 Å². The maximum atomic E-state index is 14.3. The quantitative estimate of drug-likeness (QED) is 0.555. The summed E-state index contributed by atoms with van der Waals surface area (Å²) in [4.78, 5) is 11.2. The fourth-order valence-electron chi connectivity index (χ4n) is 3.32. The number of rotatable bonds is 5. The molecule has 27 heavy (non-hydrogen) atoms. The summed E-state index contributed by atoms with van der Waals surface area (Å²) < 4.78 is 20.3. The molecule has 136 valence electrons. The first-order chi connectivity index (χ1) is 13.2. The number of nitrogens with two attached hydrogens (primary N) is 1. The summed E-state index contributed by atoms with van der Waals surface area (Å²) in [6.45, 7) is 2.26. The van der Waals surface area contributed by atoms with Crippen molar-refractivity contribution in [3.63, 3.8) is 0 Å². The van der Waals surface area contributed by atoms with Crippen molar-refractivity contribution in [3.05, 3.63) is 83.8 Å². The number of fused-ring (bicyclic) bond motifs is 1. The largest absolute Gasteiger partial charge is 0.454 e. The van der Waals surface area contributed by atoms with Gasteiger partial charge in [0.15, 0.2) is 5.75 Å². The van der Waals surface area contributed by atoms with Gasteiger partial charge in [-0.1, -0.05) is 18.2 Å². The number of hydrogen-bond donors (Lipinski definition) is 2. The molecule has 2 heterocycles. The molecule has 3 N–H and O–H groups in total. The van der Waals surface area contributed by atoms with Gasteiger partial charge in [-0.3, -0.25) is 0 Å². The van der Waals surface area contributed by atoms with Gasteiger partial charge in [-0.15, -0.1) is 0 Å². The van der Waals surface area contributed by atoms with E-state index in [1.807, 2.05) is 31.3 Å². The summed E-state index contributed by atoms with van der Waals surface area (Å²) in [6.07, 6.45) is 6.56. The minimum atomic E-state index is -0.257. The van der Waals surface area contributed by atoms with Crippen molar-refractivity contribution < 1.29 is 9.13 Å². The first-order valence-electron chi connectivity index (χ1n) is 8.66. The summed E-state index contributed by atoms with van der Waals surface area (Å²) in [7, 11) is 0. The Morgan fingerprint density at radius 2 is 1.93 bits per heavy atom. The third-order valence-electron chi connectivity index (χ3n) is 4.67. The van der Waals surface area contributed by atoms with Gasteiger partial charge in [0.05, 0.1) is 12.4 Å². The Labute approximate surface area is 156 Å². The number of aryl methyl sites for hydroxylation is 1. The number of ether oxygens (including phenoxy) is 1. The lowest BCUT2D eigenvalue weighted by Gasteiger charge is -2.16. The number of aromatic nitrogens is 3. The van der Waals surface area contributed by atoms with Crippen molar-refractivity contribution in [3.8, 4) is 11.5 Å². The highest BCUT2D eigenvalue weighted by atomic mass is 19.1. The van der Waals surface area contributed by atoms with Crippen molar-refractivity contribution in [1.82, 2.24) is 15.0 Å². The molecule has 2 aromatic carbocycles. The van der Waals surface area contributed by atoms with E-state index in [9.17, 15) is 4.39 Å². The lowest BCUT2D eigenvalue weighted by Crippen LogP contribution is -2.15. The molecule has 1 unspecified atom stereocenters. The van der Waals surface area contributed by atoms with Crippen LogP contribution in [0.15, 0.2) is 61.3 Å². The zero-order chi connectivity index (χ0) is 18.8. The summed E-state index contributed by atoms with van der Waals surface area (Å²) in [5, 5.41) is 0.950. The fourth-order valence-corrected chi connectivity index (χ4v) is 3.32. The van der Waals surface area contributed by atoms with Crippen molar-refractivity contribution >= 4 is 10.9 Å². The first kappa shape index (κ1) is 17.2. The molecule has 0 aliphatic heterocycles. The van der Waals surface area contributed by atoms with Crippen molar-refractivity contribution in [1.29, 1.82) is 0 Å². The molecule has 4 aromatic rings. The molecule has 2 aromatic heterocycles. The van der Waals surface area contributed by atoms with Gasteiger partial charge in [0.1, 0.15) is 17.9 Å². The molecule has 0 radical (unpaired) electrons. The Balaban J connectivity index is 1.80. The highest BCUT2D eigenvalue weighted by molar-refractivity contribution is 5.86. The highest BCUT2D eigenvalue weighted by Crippen LogP contribution is 2.35. The Kier molecular flexibility index (Phi) is 4.56. The number of halogens is 1. The molecule has 0 amide bonds. The SMILES string of the molecule is Cc1cc2[nH]cc(C(CN)c3ccccc3F)c2cc1Oc1cncnc1. The minimum Gasteiger partial charge on any atom is -0.454 e. The van der Waals surface area contributed by atoms with Gasteiger partial charge < -0.3 is 15.5 Å². The molecule has 0 aliphatic carbocycles. The lowest BCUT2D eigenvalue weighted by atomic mass is 9.90. The molecular formula is C21H19FN4O. The van der Waals surface area contributed by atoms with E-state index in [0.717, 1.165) is 22.0 Å². The van der Waals surface area contributed by atoms with Gasteiger partial charge in [0.25, 0.3) is 0 Å². The van der Waals surface area contributed by atoms with E-state index < -0.39 is 0 Å². The molecule has 0 saturated carbocycles. The topological polar surface area (TPSA) is 76.8 Å². The van der Waals surface area contributed by atoms with Gasteiger partial charge in [-0.25, -0.2) is 14.4 Å². The Morgan fingerprint density at radius 3 is 2.67 bits per heavy atom. The molecule has 5 nitrogen and oxygen atoms in total. The van der Waals surface area contributed by atoms with Crippen LogP contribution in [0.1, 0.15) is 22.6 Å². The second kappa shape index (κ2) is 7.17. The Morgan fingerprint density at radius 1 is 1.15 bits per heavy atom. The average Bonchev–Trinajstić information content (AvgIpc) is 3.07. The molecule has 0 saturated heterocycles. The second-order valence-corrected chi connectivity index (χ2v) is 6.39. The predicted molar refractivity (Wildman–Crippen MR) is 102 cm³/mol. The predicted octanol–water partition coefficient (Wildman–Crippen LogP) is 4.29. The maximum Gasteiger partial charge on any atom is 0.164 e. The molecule has 0 bridgehead atoms. The zero-order valence-electron chi connectivity index (χ0n) is 14.8. The van der Waals surface area contributed by atoms with Crippen LogP contribution in [-0.2, 0) is 0 Å². The number of H-pyrrole nitrogens is 1. The van der Waals surface area contributed by atoms with Gasteiger partial charge >= 0.3 is 0 Å². The molecule has 0 fully saturated rings. The lowest BCUT2D eigenvalue weighted by molar-refractivity contribution is 0.474. The van der Waals surface area contributed by atoms with E-state index >= 15 is 0 Å². The van der Waals surface area contributed by atoms with Crippen LogP contribution >= 0.6 is 0 Å². The van der Waals surface area contributed by atoms with Crippen LogP contribution in [0, 0.1) is 12.7 Å². The van der Waals surface area contributed by atoms with E-state index in [1.165, 1.54) is 12.4 Å². The number of aromatic amines is 1. The number of nitrogens with one attached hydrogen (secondary N) is 1. The molecular weight excluding hydrogens is 343 g/mol. The van der Waals surface area contributed by atoms with Crippen LogP contribution in [0.25, 0.3) is 10.9 Å². The third-order valence-corrected chi connectivity index (χ3v) is 4.67. The van der Waals surface area contributed by atoms with E-state index in [4.69, 9.17) is 10.5 Å². The molecule has 0 aliphatic rings. The molecule has 6 heteroatoms. The van der Waals surface area contributed by atoms with Gasteiger partial charge in [-0.05, 0) is 41.8 Å². The van der Waals surface area contributed by atoms with Crippen LogP contribution in [-0.4, -0.2) is 21.5 Å². The molecule has 0 spiro atoms. The molecule has 1 atom stereocenters. The minimum absolute atomic E-state index is 0.254. The number of hydrogen-bond acceptors (Lipinski definition) is 4. The van der Waals surface area contributed by atoms with E-state index in [0.29, 0.717) is 23.6 Å². The van der Waals surface area contributed by atoms with E-state index in [1.54, 1.807) is 24.5 Å². The molecule has 4 rings (SSSR count). The monoisotopic (exact) mass is 362 g/mol. The number of benzene rings is 2. The van der Waals surface area contributed by atoms with Gasteiger partial charge in [-0.2, -0.15) is 0 Å². The smallest absolute Gasteiger partial charge is 0.164 e. The summed E-state index contributed by atoms with van der Waals surface area (Å²) >= 11 is 0. The summed E-state index contributed by atoms with van der Waals surface area (Å²) in [6, 6.07) is 10.7. The Bertz CT molecular complexity index is 1080. The average molecular weight is 362 g/mol. The van der Waals surface area contributed by atoms with Crippen molar-refractivity contribution in [2.75, 3.05) is 6.54 Å². The van der Waals surface area contributed by atoms with Crippen LogP contribution in [0.3, 0.4) is 0 Å². The Hall–Kier alpha value is -3.25. The van der Waals surface area contributed by atoms with E-state index in [2.05, 4.69) is 15.0 Å². The maximum absolute atomic E-state index is 14.3.